The van der Waals surface area contributed by atoms with Gasteiger partial charge >= 0.3 is 0 Å². The molecule has 0 spiro atoms. The van der Waals surface area contributed by atoms with Crippen LogP contribution in [0.3, 0.4) is 0 Å². The normalized spacial score (nSPS) is 16.7. The van der Waals surface area contributed by atoms with Gasteiger partial charge in [0, 0.05) is 12.1 Å². The number of ketones is 1. The van der Waals surface area contributed by atoms with Gasteiger partial charge in [0.05, 0.1) is 18.7 Å². The maximum absolute atomic E-state index is 13.4. The highest BCUT2D eigenvalue weighted by molar-refractivity contribution is 6.46. The molecule has 7 nitrogen and oxygen atoms in total. The Balaban J connectivity index is 1.75. The van der Waals surface area contributed by atoms with E-state index >= 15 is 0 Å². The highest BCUT2D eigenvalue weighted by Crippen LogP contribution is 2.41. The van der Waals surface area contributed by atoms with Crippen molar-refractivity contribution in [3.8, 4) is 17.2 Å². The van der Waals surface area contributed by atoms with E-state index < -0.39 is 17.7 Å². The molecule has 38 heavy (non-hydrogen) atoms. The number of Topliss-reactive ketones (excluding diaryl/α,β-unsaturated/α-hetero) is 1. The van der Waals surface area contributed by atoms with Crippen LogP contribution in [0.15, 0.2) is 84.4 Å². The van der Waals surface area contributed by atoms with E-state index in [0.29, 0.717) is 41.3 Å². The van der Waals surface area contributed by atoms with Crippen LogP contribution in [0, 0.1) is 0 Å². The van der Waals surface area contributed by atoms with E-state index in [2.05, 4.69) is 18.7 Å². The van der Waals surface area contributed by atoms with Gasteiger partial charge in [0.1, 0.15) is 23.0 Å². The molecule has 0 aliphatic carbocycles. The van der Waals surface area contributed by atoms with E-state index in [1.807, 2.05) is 54.6 Å². The van der Waals surface area contributed by atoms with Gasteiger partial charge in [-0.05, 0) is 68.0 Å². The molecule has 4 rings (SSSR count). The Morgan fingerprint density at radius 1 is 0.895 bits per heavy atom. The second kappa shape index (κ2) is 12.4. The van der Waals surface area contributed by atoms with E-state index in [-0.39, 0.29) is 11.3 Å². The number of aliphatic hydroxyl groups is 1. The number of rotatable bonds is 11. The molecule has 1 aliphatic rings. The van der Waals surface area contributed by atoms with Crippen LogP contribution in [0.5, 0.6) is 17.2 Å². The zero-order valence-corrected chi connectivity index (χ0v) is 22.1. The molecular formula is C31H34N2O5. The molecule has 1 unspecified atom stereocenters. The third-order valence-corrected chi connectivity index (χ3v) is 6.80. The Kier molecular flexibility index (Phi) is 8.81. The first-order valence-electron chi connectivity index (χ1n) is 12.9. The monoisotopic (exact) mass is 514 g/mol. The minimum atomic E-state index is -0.753. The summed E-state index contributed by atoms with van der Waals surface area (Å²) in [6, 6.07) is 22.8. The quantitative estimate of drug-likeness (QED) is 0.203. The van der Waals surface area contributed by atoms with Crippen LogP contribution >= 0.6 is 0 Å². The fourth-order valence-corrected chi connectivity index (χ4v) is 4.76. The third-order valence-electron chi connectivity index (χ3n) is 6.80. The van der Waals surface area contributed by atoms with Gasteiger partial charge in [-0.2, -0.15) is 0 Å². The largest absolute Gasteiger partial charge is 0.507 e. The molecule has 1 aliphatic heterocycles. The second-order valence-corrected chi connectivity index (χ2v) is 9.09. The van der Waals surface area contributed by atoms with Crippen molar-refractivity contribution in [1.29, 1.82) is 0 Å². The predicted octanol–water partition coefficient (Wildman–Crippen LogP) is 5.64. The standard InChI is InChI=1S/C31H34N2O5/c1-4-32(5-2)18-11-19-33-28(22-12-9-17-26(20-22)38-24-14-7-6-8-15-24)27(30(35)31(33)36)29(34)23-13-10-16-25(21-23)37-3/h6-10,12-17,20-21,28,34H,4-5,11,18-19H2,1-3H3/b29-27+. The second-order valence-electron chi connectivity index (χ2n) is 9.09. The Morgan fingerprint density at radius 2 is 1.58 bits per heavy atom. The van der Waals surface area contributed by atoms with Gasteiger partial charge in [0.25, 0.3) is 11.7 Å². The summed E-state index contributed by atoms with van der Waals surface area (Å²) in [5.74, 6) is 0.240. The van der Waals surface area contributed by atoms with Crippen LogP contribution in [0.4, 0.5) is 0 Å². The first kappa shape index (κ1) is 26.9. The van der Waals surface area contributed by atoms with Gasteiger partial charge in [0.2, 0.25) is 0 Å². The lowest BCUT2D eigenvalue weighted by molar-refractivity contribution is -0.140. The lowest BCUT2D eigenvalue weighted by Gasteiger charge is -2.27. The number of ether oxygens (including phenoxy) is 2. The molecule has 198 valence electrons. The predicted molar refractivity (Wildman–Crippen MR) is 147 cm³/mol. The van der Waals surface area contributed by atoms with Crippen molar-refractivity contribution in [2.24, 2.45) is 0 Å². The molecule has 1 N–H and O–H groups in total. The molecule has 7 heteroatoms. The van der Waals surface area contributed by atoms with Crippen molar-refractivity contribution >= 4 is 17.4 Å². The molecule has 0 saturated carbocycles. The van der Waals surface area contributed by atoms with Crippen molar-refractivity contribution in [2.45, 2.75) is 26.3 Å². The highest BCUT2D eigenvalue weighted by atomic mass is 16.5. The molecule has 1 saturated heterocycles. The Bertz CT molecular complexity index is 1300. The Hall–Kier alpha value is -4.10. The van der Waals surface area contributed by atoms with Crippen LogP contribution in [-0.2, 0) is 9.59 Å². The van der Waals surface area contributed by atoms with E-state index in [0.717, 1.165) is 19.6 Å². The van der Waals surface area contributed by atoms with Crippen molar-refractivity contribution in [2.75, 3.05) is 33.3 Å². The van der Waals surface area contributed by atoms with Gasteiger partial charge < -0.3 is 24.4 Å². The molecule has 0 radical (unpaired) electrons. The summed E-state index contributed by atoms with van der Waals surface area (Å²) >= 11 is 0. The highest BCUT2D eigenvalue weighted by Gasteiger charge is 2.46. The molecule has 0 aromatic heterocycles. The minimum absolute atomic E-state index is 0.0583. The molecule has 1 fully saturated rings. The topological polar surface area (TPSA) is 79.3 Å². The van der Waals surface area contributed by atoms with Crippen LogP contribution in [0.25, 0.3) is 5.76 Å². The van der Waals surface area contributed by atoms with Gasteiger partial charge in [0.15, 0.2) is 0 Å². The summed E-state index contributed by atoms with van der Waals surface area (Å²) in [6.45, 7) is 7.20. The third kappa shape index (κ3) is 5.89. The van der Waals surface area contributed by atoms with Crippen LogP contribution < -0.4 is 9.47 Å². The van der Waals surface area contributed by atoms with Crippen LogP contribution in [-0.4, -0.2) is 59.9 Å². The van der Waals surface area contributed by atoms with Gasteiger partial charge in [-0.3, -0.25) is 9.59 Å². The number of carbonyl (C=O) groups excluding carboxylic acids is 2. The van der Waals surface area contributed by atoms with E-state index in [4.69, 9.17) is 9.47 Å². The molecular weight excluding hydrogens is 480 g/mol. The van der Waals surface area contributed by atoms with E-state index in [1.165, 1.54) is 7.11 Å². The number of carbonyl (C=O) groups is 2. The van der Waals surface area contributed by atoms with Crippen molar-refractivity contribution < 1.29 is 24.2 Å². The molecule has 3 aromatic rings. The summed E-state index contributed by atoms with van der Waals surface area (Å²) < 4.78 is 11.3. The Labute approximate surface area is 223 Å². The molecule has 1 amide bonds. The maximum Gasteiger partial charge on any atom is 0.295 e. The zero-order chi connectivity index (χ0) is 27.1. The lowest BCUT2D eigenvalue weighted by Crippen LogP contribution is -2.33. The minimum Gasteiger partial charge on any atom is -0.507 e. The van der Waals surface area contributed by atoms with Crippen molar-refractivity contribution in [3.05, 3.63) is 95.6 Å². The van der Waals surface area contributed by atoms with Gasteiger partial charge in [-0.15, -0.1) is 0 Å². The van der Waals surface area contributed by atoms with E-state index in [9.17, 15) is 14.7 Å². The average Bonchev–Trinajstić information content (AvgIpc) is 3.20. The first-order chi connectivity index (χ1) is 18.5. The number of benzene rings is 3. The van der Waals surface area contributed by atoms with E-state index in [1.54, 1.807) is 29.2 Å². The SMILES string of the molecule is CCN(CC)CCCN1C(=O)C(=O)/C(=C(/O)c2cccc(OC)c2)C1c1cccc(Oc2ccccc2)c1. The van der Waals surface area contributed by atoms with Crippen molar-refractivity contribution in [3.63, 3.8) is 0 Å². The number of nitrogens with zero attached hydrogens (tertiary/aromatic N) is 2. The molecule has 0 bridgehead atoms. The summed E-state index contributed by atoms with van der Waals surface area (Å²) in [6.07, 6.45) is 0.699. The fourth-order valence-electron chi connectivity index (χ4n) is 4.76. The molecule has 1 atom stereocenters. The van der Waals surface area contributed by atoms with Crippen LogP contribution in [0.2, 0.25) is 0 Å². The molecule has 3 aromatic carbocycles. The summed E-state index contributed by atoms with van der Waals surface area (Å²) in [7, 11) is 1.53. The number of para-hydroxylation sites is 1. The molecule has 1 heterocycles. The fraction of sp³-hybridized carbons (Fsp3) is 0.290. The summed E-state index contributed by atoms with van der Waals surface area (Å²) in [5, 5.41) is 11.4. The van der Waals surface area contributed by atoms with Crippen LogP contribution in [0.1, 0.15) is 37.4 Å². The number of methoxy groups -OCH3 is 1. The zero-order valence-electron chi connectivity index (χ0n) is 22.1. The maximum atomic E-state index is 13.4. The van der Waals surface area contributed by atoms with Gasteiger partial charge in [-0.25, -0.2) is 0 Å². The van der Waals surface area contributed by atoms with Crippen molar-refractivity contribution in [1.82, 2.24) is 9.80 Å². The Morgan fingerprint density at radius 3 is 2.29 bits per heavy atom. The average molecular weight is 515 g/mol. The lowest BCUT2D eigenvalue weighted by atomic mass is 9.95. The smallest absolute Gasteiger partial charge is 0.295 e. The number of amides is 1. The number of aliphatic hydroxyl groups excluding tert-OH is 1. The summed E-state index contributed by atoms with van der Waals surface area (Å²) in [5.41, 5.74) is 1.15. The number of hydrogen-bond acceptors (Lipinski definition) is 6. The summed E-state index contributed by atoms with van der Waals surface area (Å²) in [4.78, 5) is 30.5. The number of hydrogen-bond donors (Lipinski definition) is 1. The van der Waals surface area contributed by atoms with Gasteiger partial charge in [-0.1, -0.05) is 56.3 Å². The number of likely N-dealkylation sites (tertiary alicyclic amines) is 1. The first-order valence-corrected chi connectivity index (χ1v) is 12.9.